The van der Waals surface area contributed by atoms with Gasteiger partial charge in [0.05, 0.1) is 28.0 Å². The van der Waals surface area contributed by atoms with Crippen LogP contribution in [0, 0.1) is 10.1 Å². The molecule has 0 saturated heterocycles. The molecule has 0 unspecified atom stereocenters. The van der Waals surface area contributed by atoms with Gasteiger partial charge in [0.25, 0.3) is 11.6 Å². The van der Waals surface area contributed by atoms with E-state index in [-0.39, 0.29) is 39.5 Å². The number of halogens is 1. The van der Waals surface area contributed by atoms with E-state index >= 15 is 0 Å². The van der Waals surface area contributed by atoms with Crippen LogP contribution >= 0.6 is 11.6 Å². The molecule has 0 fully saturated rings. The van der Waals surface area contributed by atoms with E-state index in [1.807, 2.05) is 13.8 Å². The number of nitrogens with zero attached hydrogens (tertiary/aromatic N) is 2. The Morgan fingerprint density at radius 1 is 1.19 bits per heavy atom. The highest BCUT2D eigenvalue weighted by Gasteiger charge is 2.42. The lowest BCUT2D eigenvalue weighted by atomic mass is 9.98. The number of fused-ring (bicyclic) bond motifs is 2. The minimum atomic E-state index is -0.725. The summed E-state index contributed by atoms with van der Waals surface area (Å²) in [6.45, 7) is 4.63. The van der Waals surface area contributed by atoms with Gasteiger partial charge in [0.15, 0.2) is 5.43 Å². The maximum atomic E-state index is 13.4. The summed E-state index contributed by atoms with van der Waals surface area (Å²) in [6, 6.07) is 9.78. The average Bonchev–Trinajstić information content (AvgIpc) is 3.04. The van der Waals surface area contributed by atoms with Gasteiger partial charge in [-0.2, -0.15) is 0 Å². The van der Waals surface area contributed by atoms with Crippen LogP contribution in [0.2, 0.25) is 5.02 Å². The number of carbonyl (C=O) groups is 1. The molecule has 3 aromatic rings. The van der Waals surface area contributed by atoms with Gasteiger partial charge in [0.2, 0.25) is 5.76 Å². The Labute approximate surface area is 188 Å². The van der Waals surface area contributed by atoms with E-state index in [4.69, 9.17) is 20.8 Å². The second kappa shape index (κ2) is 8.72. The number of ether oxygens (including phenoxy) is 1. The van der Waals surface area contributed by atoms with Crippen molar-refractivity contribution < 1.29 is 18.9 Å². The van der Waals surface area contributed by atoms with Crippen LogP contribution in [-0.4, -0.2) is 35.0 Å². The normalized spacial score (nSPS) is 15.6. The first-order valence-electron chi connectivity index (χ1n) is 10.2. The van der Waals surface area contributed by atoms with Crippen LogP contribution in [0.25, 0.3) is 11.0 Å². The molecular weight excluding hydrogens is 436 g/mol. The molecular formula is C23H21ClN2O6. The Morgan fingerprint density at radius 2 is 1.91 bits per heavy atom. The maximum Gasteiger partial charge on any atom is 0.290 e. The largest absolute Gasteiger partial charge is 0.450 e. The van der Waals surface area contributed by atoms with Crippen LogP contribution < -0.4 is 5.43 Å². The minimum Gasteiger partial charge on any atom is -0.450 e. The molecule has 1 atom stereocenters. The number of nitro groups is 1. The van der Waals surface area contributed by atoms with Crippen molar-refractivity contribution in [1.29, 1.82) is 0 Å². The molecule has 0 radical (unpaired) electrons. The lowest BCUT2D eigenvalue weighted by molar-refractivity contribution is -0.384. The SMILES string of the molecule is CC(C)OCCCN1C(=O)c2oc3ccc(Cl)cc3c(=O)c2[C@@H]1c1ccc([N+](=O)[O-])cc1. The van der Waals surface area contributed by atoms with E-state index in [0.717, 1.165) is 0 Å². The smallest absolute Gasteiger partial charge is 0.290 e. The van der Waals surface area contributed by atoms with Crippen molar-refractivity contribution in [3.8, 4) is 0 Å². The minimum absolute atomic E-state index is 0.0158. The highest BCUT2D eigenvalue weighted by atomic mass is 35.5. The summed E-state index contributed by atoms with van der Waals surface area (Å²) in [4.78, 5) is 38.8. The highest BCUT2D eigenvalue weighted by Crippen LogP contribution is 2.38. The summed E-state index contributed by atoms with van der Waals surface area (Å²) in [5, 5.41) is 11.7. The van der Waals surface area contributed by atoms with Gasteiger partial charge in [-0.05, 0) is 56.2 Å². The van der Waals surface area contributed by atoms with Gasteiger partial charge in [-0.3, -0.25) is 19.7 Å². The fourth-order valence-electron chi connectivity index (χ4n) is 3.90. The number of hydrogen-bond donors (Lipinski definition) is 0. The molecule has 9 heteroatoms. The van der Waals surface area contributed by atoms with Crippen LogP contribution in [0.5, 0.6) is 0 Å². The highest BCUT2D eigenvalue weighted by molar-refractivity contribution is 6.31. The third-order valence-electron chi connectivity index (χ3n) is 5.34. The van der Waals surface area contributed by atoms with Gasteiger partial charge < -0.3 is 14.1 Å². The molecule has 1 aliphatic heterocycles. The topological polar surface area (TPSA) is 103 Å². The zero-order valence-electron chi connectivity index (χ0n) is 17.5. The lowest BCUT2D eigenvalue weighted by Gasteiger charge is -2.25. The number of non-ortho nitro benzene ring substituents is 1. The second-order valence-corrected chi connectivity index (χ2v) is 8.27. The van der Waals surface area contributed by atoms with Crippen molar-refractivity contribution in [3.05, 3.63) is 84.7 Å². The van der Waals surface area contributed by atoms with Crippen molar-refractivity contribution in [2.45, 2.75) is 32.4 Å². The van der Waals surface area contributed by atoms with Gasteiger partial charge in [-0.15, -0.1) is 0 Å². The molecule has 1 aliphatic rings. The number of amides is 1. The average molecular weight is 457 g/mol. The summed E-state index contributed by atoms with van der Waals surface area (Å²) in [5.41, 5.74) is 0.650. The Balaban J connectivity index is 1.81. The number of carbonyl (C=O) groups excluding carboxylic acids is 1. The van der Waals surface area contributed by atoms with Crippen molar-refractivity contribution in [2.24, 2.45) is 0 Å². The summed E-state index contributed by atoms with van der Waals surface area (Å²) in [5.74, 6) is -0.417. The van der Waals surface area contributed by atoms with Crippen molar-refractivity contribution >= 4 is 34.2 Å². The first-order chi connectivity index (χ1) is 15.3. The van der Waals surface area contributed by atoms with Crippen LogP contribution in [0.3, 0.4) is 0 Å². The summed E-state index contributed by atoms with van der Waals surface area (Å²) in [6.07, 6.45) is 0.617. The van der Waals surface area contributed by atoms with Gasteiger partial charge in [-0.25, -0.2) is 0 Å². The molecule has 1 aromatic heterocycles. The summed E-state index contributed by atoms with van der Waals surface area (Å²) in [7, 11) is 0. The third-order valence-corrected chi connectivity index (χ3v) is 5.58. The Bertz CT molecular complexity index is 1250. The number of rotatable bonds is 7. The van der Waals surface area contributed by atoms with Crippen LogP contribution in [0.4, 0.5) is 5.69 Å². The fraction of sp³-hybridized carbons (Fsp3) is 0.304. The van der Waals surface area contributed by atoms with Crippen LogP contribution in [0.15, 0.2) is 51.7 Å². The summed E-state index contributed by atoms with van der Waals surface area (Å²) < 4.78 is 11.4. The molecule has 0 spiro atoms. The Morgan fingerprint density at radius 3 is 2.56 bits per heavy atom. The lowest BCUT2D eigenvalue weighted by Crippen LogP contribution is -2.31. The molecule has 8 nitrogen and oxygen atoms in total. The summed E-state index contributed by atoms with van der Waals surface area (Å²) >= 11 is 6.07. The predicted molar refractivity (Wildman–Crippen MR) is 119 cm³/mol. The van der Waals surface area contributed by atoms with Gasteiger partial charge in [0, 0.05) is 30.3 Å². The van der Waals surface area contributed by atoms with Crippen LogP contribution in [0.1, 0.15) is 48.0 Å². The van der Waals surface area contributed by atoms with E-state index < -0.39 is 16.9 Å². The molecule has 0 aliphatic carbocycles. The standard InChI is InChI=1S/C23H21ClN2O6/c1-13(2)31-11-3-10-25-20(14-4-7-16(8-5-14)26(29)30)19-21(27)17-12-15(24)6-9-18(17)32-22(19)23(25)28/h4-9,12-13,20H,3,10-11H2,1-2H3/t20-/m0/s1. The Hall–Kier alpha value is -3.23. The number of nitro benzene ring substituents is 1. The van der Waals surface area contributed by atoms with E-state index in [0.29, 0.717) is 30.2 Å². The zero-order valence-corrected chi connectivity index (χ0v) is 18.3. The maximum absolute atomic E-state index is 13.4. The monoisotopic (exact) mass is 456 g/mol. The quantitative estimate of drug-likeness (QED) is 0.289. The molecule has 4 rings (SSSR count). The van der Waals surface area contributed by atoms with Crippen molar-refractivity contribution in [2.75, 3.05) is 13.2 Å². The van der Waals surface area contributed by atoms with E-state index in [2.05, 4.69) is 0 Å². The van der Waals surface area contributed by atoms with E-state index in [1.54, 1.807) is 29.2 Å². The van der Waals surface area contributed by atoms with E-state index in [1.165, 1.54) is 18.2 Å². The third kappa shape index (κ3) is 3.99. The molecule has 0 saturated carbocycles. The van der Waals surface area contributed by atoms with Crippen LogP contribution in [-0.2, 0) is 4.74 Å². The zero-order chi connectivity index (χ0) is 23.0. The first kappa shape index (κ1) is 22.0. The van der Waals surface area contributed by atoms with Crippen molar-refractivity contribution in [3.63, 3.8) is 0 Å². The number of hydrogen-bond acceptors (Lipinski definition) is 6. The molecule has 2 heterocycles. The molecule has 1 amide bonds. The molecule has 2 aromatic carbocycles. The van der Waals surface area contributed by atoms with Gasteiger partial charge in [-0.1, -0.05) is 11.6 Å². The first-order valence-corrected chi connectivity index (χ1v) is 10.6. The number of benzene rings is 2. The predicted octanol–water partition coefficient (Wildman–Crippen LogP) is 4.71. The van der Waals surface area contributed by atoms with Gasteiger partial charge in [0.1, 0.15) is 5.58 Å². The van der Waals surface area contributed by atoms with E-state index in [9.17, 15) is 19.7 Å². The Kier molecular flexibility index (Phi) is 5.99. The molecule has 0 N–H and O–H groups in total. The van der Waals surface area contributed by atoms with Crippen molar-refractivity contribution in [1.82, 2.24) is 4.90 Å². The second-order valence-electron chi connectivity index (χ2n) is 7.84. The molecule has 0 bridgehead atoms. The van der Waals surface area contributed by atoms with Gasteiger partial charge >= 0.3 is 0 Å². The fourth-order valence-corrected chi connectivity index (χ4v) is 4.07. The molecule has 166 valence electrons. The molecule has 32 heavy (non-hydrogen) atoms.